The van der Waals surface area contributed by atoms with Crippen LogP contribution in [0.2, 0.25) is 0 Å². The van der Waals surface area contributed by atoms with Crippen LogP contribution in [0.1, 0.15) is 96.9 Å². The molecule has 0 fully saturated rings. The van der Waals surface area contributed by atoms with Gasteiger partial charge in [0, 0.05) is 55.7 Å². The molecule has 5 aromatic rings. The molecule has 3 N–H and O–H groups in total. The molecule has 5 aromatic carbocycles. The minimum atomic E-state index is -3.36. The highest BCUT2D eigenvalue weighted by Gasteiger charge is 2.34. The number of amides is 3. The predicted molar refractivity (Wildman–Crippen MR) is 311 cm³/mol. The number of Topliss-reactive ketones (excluding diaryl/α,β-unsaturated/α-hetero) is 1. The van der Waals surface area contributed by atoms with E-state index in [9.17, 15) is 36.0 Å². The zero-order valence-electron chi connectivity index (χ0n) is 46.3. The second-order valence-electron chi connectivity index (χ2n) is 20.8. The van der Waals surface area contributed by atoms with E-state index in [1.807, 2.05) is 32.1 Å². The fraction of sp³-hybridized carbons (Fsp3) is 0.344. The molecule has 4 aliphatic rings. The van der Waals surface area contributed by atoms with Crippen LogP contribution in [0.25, 0.3) is 11.1 Å². The van der Waals surface area contributed by atoms with Gasteiger partial charge < -0.3 is 39.8 Å². The largest absolute Gasteiger partial charge is 0.493 e. The number of anilines is 1. The van der Waals surface area contributed by atoms with E-state index in [0.717, 1.165) is 22.3 Å². The Morgan fingerprint density at radius 1 is 0.642 bits per heavy atom. The molecular formula is C61H66N6O12S2. The first-order chi connectivity index (χ1) is 38.7. The Kier molecular flexibility index (Phi) is 17.1. The van der Waals surface area contributed by atoms with Gasteiger partial charge in [-0.3, -0.25) is 29.2 Å². The Morgan fingerprint density at radius 2 is 1.07 bits per heavy atom. The number of nitrogens with zero attached hydrogens (tertiary/aromatic N) is 4. The van der Waals surface area contributed by atoms with Crippen molar-refractivity contribution in [1.29, 1.82) is 0 Å². The summed E-state index contributed by atoms with van der Waals surface area (Å²) < 4.78 is 74.2. The van der Waals surface area contributed by atoms with Crippen molar-refractivity contribution in [3.05, 3.63) is 137 Å². The van der Waals surface area contributed by atoms with Crippen molar-refractivity contribution < 1.29 is 55.0 Å². The van der Waals surface area contributed by atoms with Crippen molar-refractivity contribution in [2.45, 2.75) is 95.0 Å². The van der Waals surface area contributed by atoms with Gasteiger partial charge in [-0.15, -0.1) is 0 Å². The highest BCUT2D eigenvalue weighted by molar-refractivity contribution is 7.91. The highest BCUT2D eigenvalue weighted by Crippen LogP contribution is 2.41. The summed E-state index contributed by atoms with van der Waals surface area (Å²) in [5.74, 6) is -0.718. The number of fused-ring (bicyclic) bond motifs is 4. The van der Waals surface area contributed by atoms with Crippen molar-refractivity contribution in [2.24, 2.45) is 27.6 Å². The number of hydrogen-bond donors (Lipinski definition) is 2. The number of nitrogens with two attached hydrogens (primary N) is 1. The maximum Gasteiger partial charge on any atom is 0.257 e. The average molecular weight is 1140 g/mol. The number of methoxy groups -OCH3 is 2. The molecule has 424 valence electrons. The van der Waals surface area contributed by atoms with Crippen LogP contribution in [0.3, 0.4) is 0 Å². The lowest BCUT2D eigenvalue weighted by Gasteiger charge is -2.32. The smallest absolute Gasteiger partial charge is 0.257 e. The minimum absolute atomic E-state index is 0.00262. The lowest BCUT2D eigenvalue weighted by Crippen LogP contribution is -2.43. The SMILES string of the molecule is CCS(=O)(=O)c1ccc(C2=CCN3C(=O)c4cc(OC)c(OCc5cc(COc6cc7c(cc6OC)C(=O)N6CC=C(c8ccc(S(=O)(=O)CC)cc8)C[C@H]6C=N7)cc(NC(=O)[C@H](C)CC(=O)[C@@H](N)C(C)C)c5)cc4N=C[C@@H]3C2)cc1. The van der Waals surface area contributed by atoms with Crippen LogP contribution in [0.4, 0.5) is 17.1 Å². The van der Waals surface area contributed by atoms with Crippen LogP contribution in [0.15, 0.2) is 123 Å². The first kappa shape index (κ1) is 57.7. The lowest BCUT2D eigenvalue weighted by molar-refractivity contribution is -0.127. The number of rotatable bonds is 20. The van der Waals surface area contributed by atoms with E-state index in [1.54, 1.807) is 128 Å². The summed E-state index contributed by atoms with van der Waals surface area (Å²) in [6.45, 7) is 9.11. The zero-order valence-corrected chi connectivity index (χ0v) is 47.9. The summed E-state index contributed by atoms with van der Waals surface area (Å²) in [7, 11) is -3.77. The van der Waals surface area contributed by atoms with Crippen molar-refractivity contribution in [2.75, 3.05) is 44.1 Å². The summed E-state index contributed by atoms with van der Waals surface area (Å²) in [5, 5.41) is 2.97. The number of hydrogen-bond acceptors (Lipinski definition) is 15. The molecule has 0 unspecified atom stereocenters. The Morgan fingerprint density at radius 3 is 1.47 bits per heavy atom. The molecule has 3 amide bonds. The van der Waals surface area contributed by atoms with Crippen LogP contribution in [0, 0.1) is 11.8 Å². The topological polar surface area (TPSA) is 243 Å². The minimum Gasteiger partial charge on any atom is -0.493 e. The molecule has 4 atom stereocenters. The third-order valence-electron chi connectivity index (χ3n) is 15.1. The molecule has 9 rings (SSSR count). The summed E-state index contributed by atoms with van der Waals surface area (Å²) in [5.41, 5.74) is 12.8. The molecule has 0 saturated carbocycles. The molecule has 4 aliphatic heterocycles. The first-order valence-corrected chi connectivity index (χ1v) is 30.2. The molecule has 0 radical (unpaired) electrons. The molecule has 20 heteroatoms. The molecule has 0 spiro atoms. The van der Waals surface area contributed by atoms with E-state index in [4.69, 9.17) is 34.7 Å². The van der Waals surface area contributed by atoms with Gasteiger partial charge in [0.05, 0.1) is 76.1 Å². The van der Waals surface area contributed by atoms with Crippen LogP contribution >= 0.6 is 0 Å². The second-order valence-corrected chi connectivity index (χ2v) is 25.4. The fourth-order valence-corrected chi connectivity index (χ4v) is 11.9. The van der Waals surface area contributed by atoms with Crippen LogP contribution in [-0.4, -0.2) is 120 Å². The number of ketones is 1. The lowest BCUT2D eigenvalue weighted by atomic mass is 9.93. The molecule has 18 nitrogen and oxygen atoms in total. The van der Waals surface area contributed by atoms with Gasteiger partial charge in [0.1, 0.15) is 13.2 Å². The van der Waals surface area contributed by atoms with E-state index < -0.39 is 37.5 Å². The normalized spacial score (nSPS) is 17.5. The average Bonchev–Trinajstić information content (AvgIpc) is 3.83. The van der Waals surface area contributed by atoms with E-state index in [0.29, 0.717) is 76.7 Å². The van der Waals surface area contributed by atoms with E-state index in [1.165, 1.54) is 14.2 Å². The van der Waals surface area contributed by atoms with Crippen molar-refractivity contribution in [3.8, 4) is 23.0 Å². The van der Waals surface area contributed by atoms with Gasteiger partial charge in [-0.25, -0.2) is 16.8 Å². The number of aliphatic imine (C=N–C) groups is 2. The number of carbonyl (C=O) groups excluding carboxylic acids is 4. The molecule has 0 bridgehead atoms. The fourth-order valence-electron chi connectivity index (χ4n) is 10.1. The van der Waals surface area contributed by atoms with Gasteiger partial charge in [0.2, 0.25) is 5.91 Å². The van der Waals surface area contributed by atoms with Crippen molar-refractivity contribution in [1.82, 2.24) is 9.80 Å². The monoisotopic (exact) mass is 1140 g/mol. The zero-order chi connectivity index (χ0) is 57.9. The molecule has 0 aromatic heterocycles. The van der Waals surface area contributed by atoms with E-state index in [-0.39, 0.29) is 88.0 Å². The van der Waals surface area contributed by atoms with Gasteiger partial charge >= 0.3 is 0 Å². The Labute approximate surface area is 472 Å². The van der Waals surface area contributed by atoms with Gasteiger partial charge in [-0.05, 0) is 107 Å². The molecular weight excluding hydrogens is 1070 g/mol. The Balaban J connectivity index is 0.945. The summed E-state index contributed by atoms with van der Waals surface area (Å²) in [4.78, 5) is 68.6. The van der Waals surface area contributed by atoms with Crippen LogP contribution < -0.4 is 30.0 Å². The van der Waals surface area contributed by atoms with E-state index in [2.05, 4.69) is 5.32 Å². The van der Waals surface area contributed by atoms with Gasteiger partial charge in [0.15, 0.2) is 48.5 Å². The van der Waals surface area contributed by atoms with E-state index >= 15 is 0 Å². The van der Waals surface area contributed by atoms with Crippen LogP contribution in [-0.2, 0) is 42.5 Å². The number of sulfone groups is 2. The summed E-state index contributed by atoms with van der Waals surface area (Å²) in [6.07, 6.45) is 8.29. The van der Waals surface area contributed by atoms with Gasteiger partial charge in [-0.2, -0.15) is 0 Å². The maximum atomic E-state index is 14.2. The van der Waals surface area contributed by atoms with Crippen molar-refractivity contribution >= 4 is 83.8 Å². The summed E-state index contributed by atoms with van der Waals surface area (Å²) in [6, 6.07) is 24.0. The highest BCUT2D eigenvalue weighted by atomic mass is 32.2. The quantitative estimate of drug-likeness (QED) is 0.0740. The van der Waals surface area contributed by atoms with Gasteiger partial charge in [0.25, 0.3) is 11.8 Å². The van der Waals surface area contributed by atoms with Gasteiger partial charge in [-0.1, -0.05) is 71.0 Å². The maximum absolute atomic E-state index is 14.2. The second kappa shape index (κ2) is 24.0. The number of benzene rings is 5. The number of ether oxygens (including phenoxy) is 4. The molecule has 0 aliphatic carbocycles. The number of carbonyl (C=O) groups is 4. The first-order valence-electron chi connectivity index (χ1n) is 26.9. The Bertz CT molecular complexity index is 3440. The third kappa shape index (κ3) is 12.5. The number of nitrogens with one attached hydrogen (secondary N) is 1. The predicted octanol–water partition coefficient (Wildman–Crippen LogP) is 8.99. The molecule has 81 heavy (non-hydrogen) atoms. The molecule has 4 heterocycles. The molecule has 0 saturated heterocycles. The third-order valence-corrected chi connectivity index (χ3v) is 18.6. The van der Waals surface area contributed by atoms with Crippen molar-refractivity contribution in [3.63, 3.8) is 0 Å². The van der Waals surface area contributed by atoms with Crippen LogP contribution in [0.5, 0.6) is 23.0 Å². The Hall–Kier alpha value is -7.94. The summed E-state index contributed by atoms with van der Waals surface area (Å²) >= 11 is 0. The standard InChI is InChI=1S/C61H66N6O12S2/c1-8-80(72,73)47-14-10-40(11-15-47)42-18-20-66-45(26-42)32-63-51-30-56(54(76-6)28-49(51)60(66)70)78-34-38-23-39(25-44(24-38)65-59(69)37(5)22-53(68)58(62)36(3)4)35-79-57-31-52-50(29-55(57)77-7)61(71)67-21-19-43(27-46(67)33-64-52)41-12-16-48(17-13-41)81(74,75)9-2/h10-19,23-25,28-33,36-37,45-46,58H,8-9,20-22,26-27,34-35,62H2,1-7H3,(H,65,69)/t37-,45+,46+,58+/m1/s1.